The van der Waals surface area contributed by atoms with E-state index in [0.29, 0.717) is 54.2 Å². The quantitative estimate of drug-likeness (QED) is 0.608. The van der Waals surface area contributed by atoms with Crippen molar-refractivity contribution in [1.29, 1.82) is 0 Å². The minimum atomic E-state index is -0.946. The Kier molecular flexibility index (Phi) is 5.01. The van der Waals surface area contributed by atoms with Crippen LogP contribution in [0.25, 0.3) is 5.70 Å². The molecule has 28 heavy (non-hydrogen) atoms. The van der Waals surface area contributed by atoms with Crippen molar-refractivity contribution in [3.63, 3.8) is 0 Å². The number of ether oxygens (including phenoxy) is 1. The zero-order valence-corrected chi connectivity index (χ0v) is 16.4. The predicted molar refractivity (Wildman–Crippen MR) is 103 cm³/mol. The van der Waals surface area contributed by atoms with Crippen LogP contribution in [0.15, 0.2) is 17.8 Å². The number of nitrogens with one attached hydrogen (secondary N) is 2. The normalized spacial score (nSPS) is 17.9. The van der Waals surface area contributed by atoms with Crippen LogP contribution in [-0.4, -0.2) is 40.5 Å². The molecule has 150 valence electrons. The first-order chi connectivity index (χ1) is 13.2. The molecule has 0 spiro atoms. The number of carbonyl (C=O) groups excluding carboxylic acids is 2. The summed E-state index contributed by atoms with van der Waals surface area (Å²) in [5.74, 6) is 0.365. The van der Waals surface area contributed by atoms with Crippen molar-refractivity contribution in [3.8, 4) is 5.75 Å². The lowest BCUT2D eigenvalue weighted by Crippen LogP contribution is -2.48. The Morgan fingerprint density at radius 1 is 1.39 bits per heavy atom. The number of nitro groups is 1. The van der Waals surface area contributed by atoms with Gasteiger partial charge in [0.05, 0.1) is 21.9 Å². The summed E-state index contributed by atoms with van der Waals surface area (Å²) in [5, 5.41) is 16.9. The lowest BCUT2D eigenvalue weighted by Gasteiger charge is -2.39. The van der Waals surface area contributed by atoms with Crippen molar-refractivity contribution >= 4 is 23.3 Å². The van der Waals surface area contributed by atoms with Gasteiger partial charge in [-0.15, -0.1) is 0 Å². The molecule has 0 unspecified atom stereocenters. The number of nitrogens with zero attached hydrogens (tertiary/aromatic N) is 2. The largest absolute Gasteiger partial charge is 0.481 e. The van der Waals surface area contributed by atoms with Gasteiger partial charge in [-0.1, -0.05) is 0 Å². The molecule has 0 atom stereocenters. The maximum absolute atomic E-state index is 12.6. The lowest BCUT2D eigenvalue weighted by atomic mass is 9.91. The Morgan fingerprint density at radius 3 is 2.68 bits per heavy atom. The van der Waals surface area contributed by atoms with Gasteiger partial charge in [0.25, 0.3) is 5.69 Å². The second-order valence-electron chi connectivity index (χ2n) is 7.31. The van der Waals surface area contributed by atoms with Gasteiger partial charge in [-0.25, -0.2) is 4.79 Å². The lowest BCUT2D eigenvalue weighted by molar-refractivity contribution is -0.385. The molecule has 9 nitrogen and oxygen atoms in total. The van der Waals surface area contributed by atoms with Gasteiger partial charge in [0.15, 0.2) is 0 Å². The highest BCUT2D eigenvalue weighted by Crippen LogP contribution is 2.46. The Morgan fingerprint density at radius 2 is 2.11 bits per heavy atom. The zero-order valence-electron chi connectivity index (χ0n) is 16.4. The van der Waals surface area contributed by atoms with Crippen LogP contribution in [0.2, 0.25) is 0 Å². The SMILES string of the molecule is CCNC(=O)NC1=C(N2CCCC2=O)c2c(ccc([N+](=O)[O-])c2C)OC1(C)C. The average Bonchev–Trinajstić information content (AvgIpc) is 3.01. The maximum atomic E-state index is 12.6. The molecule has 2 aliphatic rings. The Bertz CT molecular complexity index is 891. The minimum absolute atomic E-state index is 0.0661. The summed E-state index contributed by atoms with van der Waals surface area (Å²) in [7, 11) is 0. The van der Waals surface area contributed by atoms with Crippen LogP contribution >= 0.6 is 0 Å². The van der Waals surface area contributed by atoms with E-state index < -0.39 is 16.6 Å². The number of urea groups is 1. The number of rotatable bonds is 4. The van der Waals surface area contributed by atoms with Gasteiger partial charge in [-0.2, -0.15) is 0 Å². The van der Waals surface area contributed by atoms with Crippen molar-refractivity contribution in [2.45, 2.75) is 46.1 Å². The van der Waals surface area contributed by atoms with Gasteiger partial charge in [-0.05, 0) is 40.2 Å². The van der Waals surface area contributed by atoms with Crippen LogP contribution in [-0.2, 0) is 4.79 Å². The molecule has 3 rings (SSSR count). The van der Waals surface area contributed by atoms with E-state index in [0.717, 1.165) is 0 Å². The van der Waals surface area contributed by atoms with Gasteiger partial charge >= 0.3 is 6.03 Å². The molecule has 0 saturated carbocycles. The van der Waals surface area contributed by atoms with Gasteiger partial charge in [0.2, 0.25) is 5.91 Å². The molecule has 2 aliphatic heterocycles. The summed E-state index contributed by atoms with van der Waals surface area (Å²) in [6.07, 6.45) is 1.07. The van der Waals surface area contributed by atoms with Gasteiger partial charge in [0.1, 0.15) is 11.4 Å². The van der Waals surface area contributed by atoms with Gasteiger partial charge in [-0.3, -0.25) is 14.9 Å². The van der Waals surface area contributed by atoms with Crippen LogP contribution in [0.3, 0.4) is 0 Å². The molecule has 1 aromatic rings. The summed E-state index contributed by atoms with van der Waals surface area (Å²) >= 11 is 0. The van der Waals surface area contributed by atoms with E-state index in [9.17, 15) is 19.7 Å². The number of hydrogen-bond acceptors (Lipinski definition) is 5. The first-order valence-corrected chi connectivity index (χ1v) is 9.24. The summed E-state index contributed by atoms with van der Waals surface area (Å²) in [5.41, 5.74) is 0.729. The molecular formula is C19H24N4O5. The number of nitro benzene ring substituents is 1. The number of fused-ring (bicyclic) bond motifs is 1. The first kappa shape index (κ1) is 19.7. The van der Waals surface area contributed by atoms with E-state index in [1.165, 1.54) is 6.07 Å². The highest BCUT2D eigenvalue weighted by Gasteiger charge is 2.42. The average molecular weight is 388 g/mol. The summed E-state index contributed by atoms with van der Waals surface area (Å²) in [6.45, 7) is 7.91. The van der Waals surface area contributed by atoms with Crippen LogP contribution in [0.5, 0.6) is 5.75 Å². The van der Waals surface area contributed by atoms with Gasteiger partial charge in [0, 0.05) is 31.1 Å². The second kappa shape index (κ2) is 7.14. The number of amides is 3. The van der Waals surface area contributed by atoms with Crippen LogP contribution < -0.4 is 15.4 Å². The standard InChI is InChI=1S/C19H24N4O5/c1-5-20-18(25)21-17-16(22-10-6-7-14(22)24)15-11(2)12(23(26)27)8-9-13(15)28-19(17,3)4/h8-9H,5-7,10H2,1-4H3,(H2,20,21,25). The van der Waals surface area contributed by atoms with E-state index in [-0.39, 0.29) is 11.6 Å². The molecule has 2 N–H and O–H groups in total. The molecule has 1 fully saturated rings. The molecule has 0 aromatic heterocycles. The summed E-state index contributed by atoms with van der Waals surface area (Å²) < 4.78 is 6.09. The van der Waals surface area contributed by atoms with Gasteiger partial charge < -0.3 is 20.3 Å². The molecule has 0 bridgehead atoms. The van der Waals surface area contributed by atoms with E-state index in [4.69, 9.17) is 4.74 Å². The molecule has 0 radical (unpaired) electrons. The molecular weight excluding hydrogens is 364 g/mol. The van der Waals surface area contributed by atoms with Crippen LogP contribution in [0, 0.1) is 17.0 Å². The number of benzene rings is 1. The van der Waals surface area contributed by atoms with Crippen molar-refractivity contribution in [2.75, 3.05) is 13.1 Å². The zero-order chi connectivity index (χ0) is 20.6. The fourth-order valence-electron chi connectivity index (χ4n) is 3.67. The predicted octanol–water partition coefficient (Wildman–Crippen LogP) is 2.68. The van der Waals surface area contributed by atoms with E-state index in [1.807, 2.05) is 0 Å². The number of hydrogen-bond donors (Lipinski definition) is 2. The van der Waals surface area contributed by atoms with Crippen molar-refractivity contribution in [3.05, 3.63) is 39.1 Å². The number of carbonyl (C=O) groups is 2. The Labute approximate surface area is 162 Å². The molecule has 1 saturated heterocycles. The van der Waals surface area contributed by atoms with Crippen LogP contribution in [0.4, 0.5) is 10.5 Å². The smallest absolute Gasteiger partial charge is 0.319 e. The second-order valence-corrected chi connectivity index (χ2v) is 7.31. The Balaban J connectivity index is 2.28. The van der Waals surface area contributed by atoms with Crippen molar-refractivity contribution in [1.82, 2.24) is 15.5 Å². The molecule has 9 heteroatoms. The van der Waals surface area contributed by atoms with Crippen LogP contribution in [0.1, 0.15) is 44.7 Å². The van der Waals surface area contributed by atoms with Crippen molar-refractivity contribution < 1.29 is 19.2 Å². The molecule has 3 amide bonds. The van der Waals surface area contributed by atoms with E-state index >= 15 is 0 Å². The fraction of sp³-hybridized carbons (Fsp3) is 0.474. The molecule has 1 aromatic carbocycles. The summed E-state index contributed by atoms with van der Waals surface area (Å²) in [6, 6.07) is 2.52. The van der Waals surface area contributed by atoms with E-state index in [2.05, 4.69) is 10.6 Å². The van der Waals surface area contributed by atoms with E-state index in [1.54, 1.807) is 38.7 Å². The summed E-state index contributed by atoms with van der Waals surface area (Å²) in [4.78, 5) is 37.5. The third-order valence-electron chi connectivity index (χ3n) is 4.95. The third kappa shape index (κ3) is 3.28. The molecule has 2 heterocycles. The maximum Gasteiger partial charge on any atom is 0.319 e. The highest BCUT2D eigenvalue weighted by atomic mass is 16.6. The monoisotopic (exact) mass is 388 g/mol. The fourth-order valence-corrected chi connectivity index (χ4v) is 3.67. The van der Waals surface area contributed by atoms with Crippen molar-refractivity contribution in [2.24, 2.45) is 0 Å². The molecule has 0 aliphatic carbocycles. The highest BCUT2D eigenvalue weighted by molar-refractivity contribution is 5.94. The topological polar surface area (TPSA) is 114 Å². The first-order valence-electron chi connectivity index (χ1n) is 9.24. The number of likely N-dealkylation sites (tertiary alicyclic amines) is 1. The minimum Gasteiger partial charge on any atom is -0.481 e. The Hall–Kier alpha value is -3.10. The third-order valence-corrected chi connectivity index (χ3v) is 4.95.